The van der Waals surface area contributed by atoms with Crippen LogP contribution in [0.25, 0.3) is 83.9 Å². The third kappa shape index (κ3) is 5.26. The summed E-state index contributed by atoms with van der Waals surface area (Å²) < 4.78 is 107. The van der Waals surface area contributed by atoms with Crippen molar-refractivity contribution in [2.75, 3.05) is 0 Å². The minimum Gasteiger partial charge on any atom is -0.309 e. The molecule has 0 fully saturated rings. The molecule has 2 aromatic heterocycles. The van der Waals surface area contributed by atoms with Crippen LogP contribution in [0.2, 0.25) is 0 Å². The second-order valence-corrected chi connectivity index (χ2v) is 11.2. The van der Waals surface area contributed by atoms with Gasteiger partial charge >= 0.3 is 0 Å². The van der Waals surface area contributed by atoms with Crippen molar-refractivity contribution in [2.24, 2.45) is 0 Å². The van der Waals surface area contributed by atoms with Crippen molar-refractivity contribution < 1.29 is 16.4 Å². The summed E-state index contributed by atoms with van der Waals surface area (Å²) in [6, 6.07) is 26.4. The zero-order valence-electron chi connectivity index (χ0n) is 37.7. The zero-order valence-corrected chi connectivity index (χ0v) is 25.7. The van der Waals surface area contributed by atoms with E-state index in [1.807, 2.05) is 91.0 Å². The van der Waals surface area contributed by atoms with Gasteiger partial charge in [0.15, 0.2) is 17.5 Å². The molecule has 0 aliphatic rings. The predicted molar refractivity (Wildman–Crippen MR) is 201 cm³/mol. The van der Waals surface area contributed by atoms with E-state index in [2.05, 4.69) is 0 Å². The quantitative estimate of drug-likeness (QED) is 0.182. The van der Waals surface area contributed by atoms with E-state index >= 15 is 0 Å². The summed E-state index contributed by atoms with van der Waals surface area (Å²) in [6.45, 7) is 0. The molecule has 2 heterocycles. The average molecular weight is 639 g/mol. The maximum Gasteiger partial charge on any atom is 0.164 e. The minimum absolute atomic E-state index is 0.0785. The van der Waals surface area contributed by atoms with Crippen LogP contribution >= 0.6 is 0 Å². The molecule has 9 aromatic rings. The largest absolute Gasteiger partial charge is 0.309 e. The molecule has 4 heteroatoms. The van der Waals surface area contributed by atoms with E-state index < -0.39 is 83.6 Å². The van der Waals surface area contributed by atoms with Crippen LogP contribution in [0.4, 0.5) is 0 Å². The first-order valence-electron chi connectivity index (χ1n) is 21.5. The highest BCUT2D eigenvalue weighted by Gasteiger charge is 2.19. The van der Waals surface area contributed by atoms with E-state index in [1.165, 1.54) is 4.57 Å². The van der Waals surface area contributed by atoms with Crippen LogP contribution < -0.4 is 0 Å². The van der Waals surface area contributed by atoms with Crippen molar-refractivity contribution in [3.63, 3.8) is 0 Å². The van der Waals surface area contributed by atoms with Crippen molar-refractivity contribution in [3.8, 4) is 62.1 Å². The molecule has 0 aliphatic heterocycles. The molecule has 0 saturated heterocycles. The lowest BCUT2D eigenvalue weighted by molar-refractivity contribution is 1.07. The fourth-order valence-corrected chi connectivity index (χ4v) is 5.92. The van der Waals surface area contributed by atoms with Gasteiger partial charge < -0.3 is 4.57 Å². The van der Waals surface area contributed by atoms with E-state index in [0.29, 0.717) is 34.3 Å². The highest BCUT2D eigenvalue weighted by molar-refractivity contribution is 6.10. The van der Waals surface area contributed by atoms with E-state index in [0.717, 1.165) is 16.7 Å². The molecule has 230 valence electrons. The van der Waals surface area contributed by atoms with Crippen LogP contribution in [0.15, 0.2) is 182 Å². The predicted octanol–water partition coefficient (Wildman–Crippen LogP) is 11.3. The van der Waals surface area contributed by atoms with Crippen molar-refractivity contribution in [1.82, 2.24) is 19.5 Å². The Bertz CT molecular complexity index is 3180. The van der Waals surface area contributed by atoms with Gasteiger partial charge in [-0.2, -0.15) is 0 Å². The van der Waals surface area contributed by atoms with Crippen LogP contribution in [0, 0.1) is 0 Å². The fourth-order valence-electron chi connectivity index (χ4n) is 5.92. The second-order valence-electron chi connectivity index (χ2n) is 11.2. The molecule has 4 nitrogen and oxygen atoms in total. The lowest BCUT2D eigenvalue weighted by atomic mass is 9.98. The van der Waals surface area contributed by atoms with Gasteiger partial charge in [-0.15, -0.1) is 0 Å². The molecule has 0 radical (unpaired) electrons. The van der Waals surface area contributed by atoms with Crippen LogP contribution in [0.3, 0.4) is 0 Å². The number of benzene rings is 7. The molecule has 7 aromatic carbocycles. The van der Waals surface area contributed by atoms with Crippen LogP contribution in [0.1, 0.15) is 16.4 Å². The van der Waals surface area contributed by atoms with Gasteiger partial charge in [0.25, 0.3) is 0 Å². The van der Waals surface area contributed by atoms with Crippen molar-refractivity contribution in [3.05, 3.63) is 182 Å². The Hall–Kier alpha value is -6.65. The number of nitrogens with zero attached hydrogens (tertiary/aromatic N) is 4. The second kappa shape index (κ2) is 12.2. The van der Waals surface area contributed by atoms with Gasteiger partial charge in [0.1, 0.15) is 0 Å². The third-order valence-corrected chi connectivity index (χ3v) is 8.19. The van der Waals surface area contributed by atoms with Crippen LogP contribution in [-0.2, 0) is 0 Å². The normalized spacial score (nSPS) is 14.7. The van der Waals surface area contributed by atoms with E-state index in [-0.39, 0.29) is 21.8 Å². The lowest BCUT2D eigenvalue weighted by Gasteiger charge is -2.15. The molecule has 49 heavy (non-hydrogen) atoms. The molecule has 9 rings (SSSR count). The summed E-state index contributed by atoms with van der Waals surface area (Å²) >= 11 is 0. The number of fused-ring (bicyclic) bond motifs is 3. The average Bonchev–Trinajstić information content (AvgIpc) is 3.66. The Morgan fingerprint density at radius 2 is 0.980 bits per heavy atom. The maximum absolute atomic E-state index is 9.53. The lowest BCUT2D eigenvalue weighted by Crippen LogP contribution is -2.02. The van der Waals surface area contributed by atoms with E-state index in [9.17, 15) is 5.48 Å². The van der Waals surface area contributed by atoms with Crippen molar-refractivity contribution in [1.29, 1.82) is 0 Å². The highest BCUT2D eigenvalue weighted by atomic mass is 15.0. The van der Waals surface area contributed by atoms with Gasteiger partial charge in [0, 0.05) is 33.2 Å². The number of para-hydroxylation sites is 1. The molecule has 0 spiro atoms. The Labute approximate surface area is 301 Å². The van der Waals surface area contributed by atoms with Crippen molar-refractivity contribution in [2.45, 2.75) is 0 Å². The Balaban J connectivity index is 1.39. The molecule has 0 saturated carbocycles. The van der Waals surface area contributed by atoms with E-state index in [1.54, 1.807) is 18.2 Å². The standard InChI is InChI=1S/C45H30N4/c1-5-15-31(16-6-1)35-25-28-42-40(29-35)37-23-13-14-24-41(37)49(42)36-26-27-38(39(30-36)32-17-7-2-8-18-32)45-47-43(33-19-9-3-10-20-33)46-44(48-45)34-21-11-4-12-22-34/h1-30H/i1D,5D,6D,13D,14D,15D,16D,23D,24D,25D,28D,29D. The Kier molecular flexibility index (Phi) is 4.63. The first-order valence-corrected chi connectivity index (χ1v) is 15.5. The van der Waals surface area contributed by atoms with Crippen LogP contribution in [-0.4, -0.2) is 19.5 Å². The number of rotatable bonds is 6. The Morgan fingerprint density at radius 1 is 0.408 bits per heavy atom. The molecule has 0 N–H and O–H groups in total. The highest BCUT2D eigenvalue weighted by Crippen LogP contribution is 2.38. The smallest absolute Gasteiger partial charge is 0.164 e. The maximum atomic E-state index is 9.53. The van der Waals surface area contributed by atoms with Gasteiger partial charge in [-0.1, -0.05) is 145 Å². The SMILES string of the molecule is [2H]c1c([2H])c([2H])c(-c2c([2H])c([2H])c3c(c2[2H])c2c([2H])c([2H])c([2H])c([2H])c2n3-c2ccc(-c3nc(-c4ccccc4)nc(-c4ccccc4)n3)c(-c3ccccc3)c2)c([2H])c1[2H]. The summed E-state index contributed by atoms with van der Waals surface area (Å²) in [7, 11) is 0. The van der Waals surface area contributed by atoms with Crippen molar-refractivity contribution >= 4 is 21.8 Å². The minimum atomic E-state index is -0.691. The van der Waals surface area contributed by atoms with Gasteiger partial charge in [-0.3, -0.25) is 0 Å². The van der Waals surface area contributed by atoms with E-state index in [4.69, 9.17) is 25.9 Å². The topological polar surface area (TPSA) is 43.6 Å². The fraction of sp³-hybridized carbons (Fsp3) is 0. The molecular weight excluding hydrogens is 597 g/mol. The molecule has 0 bridgehead atoms. The third-order valence-electron chi connectivity index (χ3n) is 8.19. The summed E-state index contributed by atoms with van der Waals surface area (Å²) in [5.41, 5.74) is 2.72. The first kappa shape index (κ1) is 18.6. The van der Waals surface area contributed by atoms with Gasteiger partial charge in [0.2, 0.25) is 0 Å². The number of hydrogen-bond acceptors (Lipinski definition) is 3. The van der Waals surface area contributed by atoms with Gasteiger partial charge in [-0.05, 0) is 58.6 Å². The summed E-state index contributed by atoms with van der Waals surface area (Å²) in [5.74, 6) is 1.21. The molecule has 0 aliphatic carbocycles. The summed E-state index contributed by atoms with van der Waals surface area (Å²) in [6.07, 6.45) is 0. The van der Waals surface area contributed by atoms with Gasteiger partial charge in [-0.25, -0.2) is 15.0 Å². The number of hydrogen-bond donors (Lipinski definition) is 0. The summed E-state index contributed by atoms with van der Waals surface area (Å²) in [5, 5.41) is -0.274. The first-order chi connectivity index (χ1) is 29.3. The summed E-state index contributed by atoms with van der Waals surface area (Å²) in [4.78, 5) is 14.7. The molecule has 0 unspecified atom stereocenters. The molecule has 0 atom stereocenters. The molecule has 0 amide bonds. The molecular formula is C45H30N4. The monoisotopic (exact) mass is 638 g/mol. The Morgan fingerprint density at radius 3 is 1.65 bits per heavy atom. The zero-order chi connectivity index (χ0) is 43.0. The van der Waals surface area contributed by atoms with Gasteiger partial charge in [0.05, 0.1) is 27.5 Å². The number of aromatic nitrogens is 4. The van der Waals surface area contributed by atoms with Crippen LogP contribution in [0.5, 0.6) is 0 Å².